The van der Waals surface area contributed by atoms with Crippen LogP contribution in [0, 0.1) is 0 Å². The summed E-state index contributed by atoms with van der Waals surface area (Å²) in [4.78, 5) is 37.2. The van der Waals surface area contributed by atoms with E-state index in [4.69, 9.17) is 18.9 Å². The predicted octanol–water partition coefficient (Wildman–Crippen LogP) is 15.7. The number of unbranched alkanes of at least 4 members (excludes halogenated alkanes) is 30. The van der Waals surface area contributed by atoms with Gasteiger partial charge in [-0.05, 0) is 70.6 Å². The fourth-order valence-corrected chi connectivity index (χ4v) is 7.80. The lowest BCUT2D eigenvalue weighted by molar-refractivity contribution is -0.870. The zero-order valence-corrected chi connectivity index (χ0v) is 43.9. The SMILES string of the molecule is CCCCC/C=C\CCCCCCCC(=O)OCC(COC(OCC[N+](C)(C)C)C(=O)O)OC(=O)CCCCCCCCCCCCCCCCCCC/C=C\C/C=C\CCCCCCC. The Balaban J connectivity index is 4.13. The number of carbonyl (C=O) groups excluding carboxylic acids is 2. The minimum Gasteiger partial charge on any atom is -0.477 e. The topological polar surface area (TPSA) is 108 Å². The Labute approximate surface area is 407 Å². The van der Waals surface area contributed by atoms with Gasteiger partial charge in [0.25, 0.3) is 6.29 Å². The van der Waals surface area contributed by atoms with Crippen LogP contribution < -0.4 is 0 Å². The number of carbonyl (C=O) groups is 3. The smallest absolute Gasteiger partial charge is 0.361 e. The molecular weight excluding hydrogens is 827 g/mol. The largest absolute Gasteiger partial charge is 0.477 e. The van der Waals surface area contributed by atoms with E-state index in [1.807, 2.05) is 21.1 Å². The van der Waals surface area contributed by atoms with Gasteiger partial charge in [-0.15, -0.1) is 0 Å². The first-order valence-corrected chi connectivity index (χ1v) is 27.7. The highest BCUT2D eigenvalue weighted by molar-refractivity contribution is 5.71. The number of rotatable bonds is 51. The molecule has 2 unspecified atom stereocenters. The summed E-state index contributed by atoms with van der Waals surface area (Å²) in [6.45, 7) is 4.85. The van der Waals surface area contributed by atoms with E-state index in [-0.39, 0.29) is 32.2 Å². The molecule has 0 bridgehead atoms. The first-order valence-electron chi connectivity index (χ1n) is 27.7. The van der Waals surface area contributed by atoms with Crippen LogP contribution in [0.25, 0.3) is 0 Å². The highest BCUT2D eigenvalue weighted by Crippen LogP contribution is 2.16. The van der Waals surface area contributed by atoms with Gasteiger partial charge in [-0.2, -0.15) is 0 Å². The normalized spacial score (nSPS) is 13.0. The lowest BCUT2D eigenvalue weighted by Gasteiger charge is -2.25. The monoisotopic (exact) mass is 933 g/mol. The Hall–Kier alpha value is -2.49. The van der Waals surface area contributed by atoms with Gasteiger partial charge in [-0.3, -0.25) is 9.59 Å². The second-order valence-electron chi connectivity index (χ2n) is 19.9. The van der Waals surface area contributed by atoms with Crippen molar-refractivity contribution in [2.45, 2.75) is 264 Å². The summed E-state index contributed by atoms with van der Waals surface area (Å²) < 4.78 is 22.8. The van der Waals surface area contributed by atoms with Gasteiger partial charge in [-0.25, -0.2) is 4.79 Å². The molecule has 2 atom stereocenters. The van der Waals surface area contributed by atoms with Gasteiger partial charge in [0.1, 0.15) is 13.2 Å². The molecule has 386 valence electrons. The number of ether oxygens (including phenoxy) is 4. The molecule has 0 aromatic heterocycles. The number of hydrogen-bond donors (Lipinski definition) is 1. The summed E-state index contributed by atoms with van der Waals surface area (Å²) in [6, 6.07) is 0. The van der Waals surface area contributed by atoms with Crippen LogP contribution in [0.15, 0.2) is 36.5 Å². The van der Waals surface area contributed by atoms with Crippen molar-refractivity contribution in [2.24, 2.45) is 0 Å². The number of esters is 2. The number of nitrogens with zero attached hydrogens (tertiary/aromatic N) is 1. The molecule has 0 amide bonds. The van der Waals surface area contributed by atoms with Gasteiger partial charge in [0, 0.05) is 12.8 Å². The Bertz CT molecular complexity index is 1180. The molecule has 0 aliphatic heterocycles. The minimum atomic E-state index is -1.51. The minimum absolute atomic E-state index is 0.184. The maximum Gasteiger partial charge on any atom is 0.361 e. The molecule has 0 radical (unpaired) electrons. The highest BCUT2D eigenvalue weighted by atomic mass is 16.7. The second-order valence-corrected chi connectivity index (χ2v) is 19.9. The van der Waals surface area contributed by atoms with Crippen LogP contribution >= 0.6 is 0 Å². The first-order chi connectivity index (χ1) is 32.1. The lowest BCUT2D eigenvalue weighted by Crippen LogP contribution is -2.40. The van der Waals surface area contributed by atoms with Crippen molar-refractivity contribution in [2.75, 3.05) is 47.5 Å². The summed E-state index contributed by atoms with van der Waals surface area (Å²) in [5.74, 6) is -2.01. The fourth-order valence-electron chi connectivity index (χ4n) is 7.80. The third kappa shape index (κ3) is 49.4. The molecule has 1 N–H and O–H groups in total. The lowest BCUT2D eigenvalue weighted by atomic mass is 10.0. The van der Waals surface area contributed by atoms with Crippen LogP contribution in [0.2, 0.25) is 0 Å². The van der Waals surface area contributed by atoms with Gasteiger partial charge in [0.15, 0.2) is 6.10 Å². The molecule has 0 aliphatic rings. The average molecular weight is 933 g/mol. The van der Waals surface area contributed by atoms with Gasteiger partial charge in [0.2, 0.25) is 0 Å². The Morgan fingerprint density at radius 1 is 0.455 bits per heavy atom. The number of likely N-dealkylation sites (N-methyl/N-ethyl adjacent to an activating group) is 1. The van der Waals surface area contributed by atoms with E-state index in [1.54, 1.807) is 0 Å². The van der Waals surface area contributed by atoms with Crippen molar-refractivity contribution < 1.29 is 42.9 Å². The Morgan fingerprint density at radius 3 is 1.24 bits per heavy atom. The standard InChI is InChI=1S/C57H105NO8/c1-6-8-10-12-14-16-18-20-21-22-23-24-25-26-27-28-29-30-31-32-33-34-35-36-38-40-42-44-46-48-55(60)66-53(52-65-57(56(61)62)63-50-49-58(3,4)5)51-64-54(59)47-45-43-41-39-37-19-17-15-13-11-9-7-2/h15,17-18,20,22-23,53,57H,6-14,16,19,21,24-52H2,1-5H3/p+1/b17-15-,20-18-,23-22-. The Morgan fingerprint density at radius 2 is 0.818 bits per heavy atom. The van der Waals surface area contributed by atoms with Gasteiger partial charge >= 0.3 is 17.9 Å². The maximum atomic E-state index is 12.8. The van der Waals surface area contributed by atoms with E-state index in [1.165, 1.54) is 161 Å². The Kier molecular flexibility index (Phi) is 47.1. The summed E-state index contributed by atoms with van der Waals surface area (Å²) in [5.41, 5.74) is 0. The first kappa shape index (κ1) is 63.5. The number of carboxylic acids is 1. The van der Waals surface area contributed by atoms with Crippen LogP contribution in [0.1, 0.15) is 251 Å². The summed E-state index contributed by atoms with van der Waals surface area (Å²) in [6.07, 6.45) is 55.1. The molecule has 0 aliphatic carbocycles. The quantitative estimate of drug-likeness (QED) is 0.0211. The second kappa shape index (κ2) is 48.9. The summed E-state index contributed by atoms with van der Waals surface area (Å²) in [7, 11) is 5.96. The van der Waals surface area contributed by atoms with E-state index < -0.39 is 24.3 Å². The zero-order chi connectivity index (χ0) is 48.4. The molecular formula is C57H106NO8+. The zero-order valence-electron chi connectivity index (χ0n) is 43.9. The van der Waals surface area contributed by atoms with Crippen LogP contribution in [0.3, 0.4) is 0 Å². The molecule has 0 aromatic carbocycles. The van der Waals surface area contributed by atoms with E-state index in [9.17, 15) is 19.5 Å². The fraction of sp³-hybridized carbons (Fsp3) is 0.842. The van der Waals surface area contributed by atoms with Crippen molar-refractivity contribution in [3.63, 3.8) is 0 Å². The van der Waals surface area contributed by atoms with Crippen molar-refractivity contribution in [1.82, 2.24) is 0 Å². The van der Waals surface area contributed by atoms with Gasteiger partial charge in [-0.1, -0.05) is 204 Å². The van der Waals surface area contributed by atoms with Crippen LogP contribution in [0.4, 0.5) is 0 Å². The highest BCUT2D eigenvalue weighted by Gasteiger charge is 2.25. The number of allylic oxidation sites excluding steroid dienone is 6. The van der Waals surface area contributed by atoms with Crippen molar-refractivity contribution in [3.05, 3.63) is 36.5 Å². The number of carboxylic acid groups (broad SMARTS) is 1. The number of quaternary nitrogens is 1. The van der Waals surface area contributed by atoms with Crippen molar-refractivity contribution in [1.29, 1.82) is 0 Å². The molecule has 0 aromatic rings. The molecule has 0 heterocycles. The molecule has 9 nitrogen and oxygen atoms in total. The molecule has 66 heavy (non-hydrogen) atoms. The van der Waals surface area contributed by atoms with Crippen molar-refractivity contribution in [3.8, 4) is 0 Å². The summed E-state index contributed by atoms with van der Waals surface area (Å²) in [5, 5.41) is 9.67. The van der Waals surface area contributed by atoms with Crippen LogP contribution in [-0.2, 0) is 33.3 Å². The van der Waals surface area contributed by atoms with E-state index in [2.05, 4.69) is 50.3 Å². The maximum absolute atomic E-state index is 12.8. The van der Waals surface area contributed by atoms with E-state index in [0.717, 1.165) is 64.2 Å². The molecule has 0 fully saturated rings. The van der Waals surface area contributed by atoms with Gasteiger partial charge in [0.05, 0.1) is 34.4 Å². The third-order valence-corrected chi connectivity index (χ3v) is 12.1. The van der Waals surface area contributed by atoms with Gasteiger partial charge < -0.3 is 28.5 Å². The third-order valence-electron chi connectivity index (χ3n) is 12.1. The van der Waals surface area contributed by atoms with Crippen LogP contribution in [0.5, 0.6) is 0 Å². The number of hydrogen-bond acceptors (Lipinski definition) is 7. The van der Waals surface area contributed by atoms with Crippen LogP contribution in [-0.4, -0.2) is 87.4 Å². The molecule has 9 heteroatoms. The molecule has 0 saturated carbocycles. The predicted molar refractivity (Wildman–Crippen MR) is 277 cm³/mol. The van der Waals surface area contributed by atoms with Crippen molar-refractivity contribution >= 4 is 17.9 Å². The van der Waals surface area contributed by atoms with E-state index in [0.29, 0.717) is 17.4 Å². The van der Waals surface area contributed by atoms with E-state index >= 15 is 0 Å². The molecule has 0 saturated heterocycles. The number of aliphatic carboxylic acids is 1. The molecule has 0 rings (SSSR count). The molecule has 0 spiro atoms. The summed E-state index contributed by atoms with van der Waals surface area (Å²) >= 11 is 0. The average Bonchev–Trinajstić information content (AvgIpc) is 3.28.